The lowest BCUT2D eigenvalue weighted by molar-refractivity contribution is -0.115. The Morgan fingerprint density at radius 2 is 1.83 bits per heavy atom. The molecule has 7 nitrogen and oxygen atoms in total. The van der Waals surface area contributed by atoms with E-state index in [0.717, 1.165) is 34.4 Å². The molecule has 0 aliphatic heterocycles. The molecule has 1 atom stereocenters. The van der Waals surface area contributed by atoms with Gasteiger partial charge in [-0.15, -0.1) is 11.3 Å². The Morgan fingerprint density at radius 3 is 2.64 bits per heavy atom. The van der Waals surface area contributed by atoms with E-state index in [-0.39, 0.29) is 29.8 Å². The number of amides is 2. The molecular formula is C28H27N5O2S. The topological polar surface area (TPSA) is 110 Å². The molecule has 2 aromatic heterocycles. The van der Waals surface area contributed by atoms with Gasteiger partial charge in [0.25, 0.3) is 5.91 Å². The van der Waals surface area contributed by atoms with Crippen LogP contribution in [0.15, 0.2) is 72.4 Å². The SMILES string of the molecule is CC1(C)c2cc(C(=O)NCC(=O)Nc3nc(-c4cccc(-c5ccncc5)c4)cs3)ccc2C[C@@H]1N. The van der Waals surface area contributed by atoms with Crippen molar-refractivity contribution < 1.29 is 9.59 Å². The van der Waals surface area contributed by atoms with Gasteiger partial charge < -0.3 is 16.4 Å². The third kappa shape index (κ3) is 4.78. The number of nitrogens with one attached hydrogen (secondary N) is 2. The Hall–Kier alpha value is -3.88. The minimum absolute atomic E-state index is 0.0258. The van der Waals surface area contributed by atoms with E-state index in [9.17, 15) is 9.59 Å². The number of fused-ring (bicyclic) bond motifs is 1. The highest BCUT2D eigenvalue weighted by atomic mass is 32.1. The molecule has 0 saturated heterocycles. The van der Waals surface area contributed by atoms with Crippen LogP contribution in [0.3, 0.4) is 0 Å². The van der Waals surface area contributed by atoms with Crippen molar-refractivity contribution in [2.45, 2.75) is 31.7 Å². The molecule has 2 heterocycles. The molecule has 2 amide bonds. The van der Waals surface area contributed by atoms with Crippen molar-refractivity contribution >= 4 is 28.3 Å². The number of carbonyl (C=O) groups is 2. The highest BCUT2D eigenvalue weighted by Crippen LogP contribution is 2.38. The maximum atomic E-state index is 12.7. The second-order valence-electron chi connectivity index (χ2n) is 9.49. The second-order valence-corrected chi connectivity index (χ2v) is 10.3. The number of pyridine rings is 1. The minimum atomic E-state index is -0.335. The Kier molecular flexibility index (Phi) is 6.38. The molecule has 1 aliphatic rings. The van der Waals surface area contributed by atoms with Crippen LogP contribution >= 0.6 is 11.3 Å². The number of benzene rings is 2. The second kappa shape index (κ2) is 9.64. The third-order valence-electron chi connectivity index (χ3n) is 6.77. The normalized spacial score (nSPS) is 15.8. The van der Waals surface area contributed by atoms with Crippen LogP contribution in [-0.2, 0) is 16.6 Å². The molecule has 4 N–H and O–H groups in total. The van der Waals surface area contributed by atoms with Crippen LogP contribution in [0.4, 0.5) is 5.13 Å². The zero-order valence-electron chi connectivity index (χ0n) is 20.1. The largest absolute Gasteiger partial charge is 0.343 e. The van der Waals surface area contributed by atoms with Crippen LogP contribution in [0.5, 0.6) is 0 Å². The van der Waals surface area contributed by atoms with Crippen molar-refractivity contribution in [3.05, 3.63) is 89.1 Å². The average molecular weight is 498 g/mol. The Balaban J connectivity index is 1.20. The summed E-state index contributed by atoms with van der Waals surface area (Å²) in [6.07, 6.45) is 4.33. The van der Waals surface area contributed by atoms with Gasteiger partial charge in [-0.25, -0.2) is 4.98 Å². The summed E-state index contributed by atoms with van der Waals surface area (Å²) in [6, 6.07) is 17.6. The number of nitrogens with two attached hydrogens (primary N) is 1. The molecule has 1 aliphatic carbocycles. The van der Waals surface area contributed by atoms with Crippen molar-refractivity contribution in [2.75, 3.05) is 11.9 Å². The maximum Gasteiger partial charge on any atom is 0.251 e. The summed E-state index contributed by atoms with van der Waals surface area (Å²) in [7, 11) is 0. The maximum absolute atomic E-state index is 12.7. The molecule has 0 radical (unpaired) electrons. The molecule has 0 saturated carbocycles. The van der Waals surface area contributed by atoms with Crippen LogP contribution in [0.25, 0.3) is 22.4 Å². The summed E-state index contributed by atoms with van der Waals surface area (Å²) < 4.78 is 0. The van der Waals surface area contributed by atoms with Crippen LogP contribution in [0, 0.1) is 0 Å². The molecule has 5 rings (SSSR count). The van der Waals surface area contributed by atoms with E-state index in [2.05, 4.69) is 40.5 Å². The number of hydrogen-bond acceptors (Lipinski definition) is 6. The smallest absolute Gasteiger partial charge is 0.251 e. The minimum Gasteiger partial charge on any atom is -0.343 e. The fourth-order valence-electron chi connectivity index (χ4n) is 4.48. The monoisotopic (exact) mass is 497 g/mol. The number of carbonyl (C=O) groups excluding carboxylic acids is 2. The van der Waals surface area contributed by atoms with Gasteiger partial charge in [0.1, 0.15) is 0 Å². The molecule has 36 heavy (non-hydrogen) atoms. The Bertz CT molecular complexity index is 1430. The van der Waals surface area contributed by atoms with E-state index in [4.69, 9.17) is 5.73 Å². The zero-order valence-corrected chi connectivity index (χ0v) is 20.9. The molecule has 0 spiro atoms. The van der Waals surface area contributed by atoms with E-state index in [0.29, 0.717) is 10.7 Å². The van der Waals surface area contributed by atoms with E-state index in [1.165, 1.54) is 16.9 Å². The van der Waals surface area contributed by atoms with Crippen molar-refractivity contribution in [1.29, 1.82) is 0 Å². The lowest BCUT2D eigenvalue weighted by Crippen LogP contribution is -2.37. The van der Waals surface area contributed by atoms with Crippen LogP contribution < -0.4 is 16.4 Å². The van der Waals surface area contributed by atoms with Crippen molar-refractivity contribution in [3.63, 3.8) is 0 Å². The zero-order chi connectivity index (χ0) is 25.3. The van der Waals surface area contributed by atoms with Gasteiger partial charge >= 0.3 is 0 Å². The lowest BCUT2D eigenvalue weighted by atomic mass is 9.83. The molecule has 4 aromatic rings. The van der Waals surface area contributed by atoms with Gasteiger partial charge in [-0.05, 0) is 59.0 Å². The summed E-state index contributed by atoms with van der Waals surface area (Å²) in [4.78, 5) is 33.8. The fourth-order valence-corrected chi connectivity index (χ4v) is 5.22. The molecule has 0 unspecified atom stereocenters. The third-order valence-corrected chi connectivity index (χ3v) is 7.52. The van der Waals surface area contributed by atoms with Gasteiger partial charge in [0.15, 0.2) is 5.13 Å². The van der Waals surface area contributed by atoms with Crippen molar-refractivity contribution in [3.8, 4) is 22.4 Å². The molecule has 8 heteroatoms. The number of rotatable bonds is 6. The highest BCUT2D eigenvalue weighted by molar-refractivity contribution is 7.14. The first kappa shape index (κ1) is 23.8. The van der Waals surface area contributed by atoms with Gasteiger partial charge in [0.05, 0.1) is 12.2 Å². The quantitative estimate of drug-likeness (QED) is 0.366. The average Bonchev–Trinajstić information content (AvgIpc) is 3.44. The predicted octanol–water partition coefficient (Wildman–Crippen LogP) is 4.40. The van der Waals surface area contributed by atoms with Gasteiger partial charge in [0, 0.05) is 40.4 Å². The van der Waals surface area contributed by atoms with Crippen LogP contribution in [0.1, 0.15) is 35.3 Å². The standard InChI is InChI=1S/C28H27N5O2S/c1-28(2)22-13-21(7-6-19(22)14-24(28)29)26(35)31-15-25(34)33-27-32-23(16-36-27)20-5-3-4-18(12-20)17-8-10-30-11-9-17/h3-13,16,24H,14-15,29H2,1-2H3,(H,31,35)(H,32,33,34)/t24-/m0/s1. The first-order chi connectivity index (χ1) is 17.3. The molecule has 2 aromatic carbocycles. The highest BCUT2D eigenvalue weighted by Gasteiger charge is 2.37. The Labute approximate surface area is 213 Å². The number of hydrogen-bond donors (Lipinski definition) is 3. The number of nitrogens with zero attached hydrogens (tertiary/aromatic N) is 2. The first-order valence-corrected chi connectivity index (χ1v) is 12.6. The van der Waals surface area contributed by atoms with Gasteiger partial charge in [-0.3, -0.25) is 14.6 Å². The summed E-state index contributed by atoms with van der Waals surface area (Å²) in [5.74, 6) is -0.629. The summed E-state index contributed by atoms with van der Waals surface area (Å²) in [5.41, 5.74) is 12.7. The van der Waals surface area contributed by atoms with Crippen molar-refractivity contribution in [2.24, 2.45) is 5.73 Å². The summed E-state index contributed by atoms with van der Waals surface area (Å²) in [6.45, 7) is 4.04. The van der Waals surface area contributed by atoms with Gasteiger partial charge in [-0.1, -0.05) is 38.1 Å². The van der Waals surface area contributed by atoms with E-state index < -0.39 is 0 Å². The molecular weight excluding hydrogens is 470 g/mol. The van der Waals surface area contributed by atoms with Gasteiger partial charge in [-0.2, -0.15) is 0 Å². The molecule has 0 bridgehead atoms. The van der Waals surface area contributed by atoms with Crippen LogP contribution in [-0.4, -0.2) is 34.4 Å². The van der Waals surface area contributed by atoms with Crippen LogP contribution in [0.2, 0.25) is 0 Å². The number of aromatic nitrogens is 2. The van der Waals surface area contributed by atoms with E-state index in [1.54, 1.807) is 18.5 Å². The first-order valence-electron chi connectivity index (χ1n) is 11.7. The summed E-state index contributed by atoms with van der Waals surface area (Å²) in [5, 5.41) is 7.86. The molecule has 182 valence electrons. The lowest BCUT2D eigenvalue weighted by Gasteiger charge is -2.25. The fraction of sp³-hybridized carbons (Fsp3) is 0.214. The van der Waals surface area contributed by atoms with Gasteiger partial charge in [0.2, 0.25) is 5.91 Å². The predicted molar refractivity (Wildman–Crippen MR) is 143 cm³/mol. The Morgan fingerprint density at radius 1 is 1.06 bits per heavy atom. The van der Waals surface area contributed by atoms with Crippen molar-refractivity contribution in [1.82, 2.24) is 15.3 Å². The summed E-state index contributed by atoms with van der Waals surface area (Å²) >= 11 is 1.34. The number of thiazole rings is 1. The van der Waals surface area contributed by atoms with E-state index >= 15 is 0 Å². The molecule has 0 fully saturated rings. The number of anilines is 1. The van der Waals surface area contributed by atoms with E-state index in [1.807, 2.05) is 47.8 Å².